The number of nitrogens with zero attached hydrogens (tertiary/aromatic N) is 1. The summed E-state index contributed by atoms with van der Waals surface area (Å²) in [6.45, 7) is 0.988. The van der Waals surface area contributed by atoms with Crippen molar-refractivity contribution in [2.45, 2.75) is 6.92 Å². The normalized spacial score (nSPS) is 12.7. The third kappa shape index (κ3) is 4.34. The number of carbonyl (C=O) groups excluding carboxylic acids is 3. The molecule has 1 aliphatic rings. The molecule has 0 saturated heterocycles. The molecule has 0 unspecified atom stereocenters. The molecule has 2 aromatic carbocycles. The molecule has 9 heteroatoms. The van der Waals surface area contributed by atoms with Crippen molar-refractivity contribution in [3.63, 3.8) is 0 Å². The molecular weight excluding hydrogens is 386 g/mol. The predicted octanol–water partition coefficient (Wildman–Crippen LogP) is 2.67. The molecule has 3 rings (SSSR count). The SMILES string of the molecule is COc1ccc(NC(C)=O)cc1NC(=O)CN1C(=O)COc2ccc(Cl)cc21. The lowest BCUT2D eigenvalue weighted by Gasteiger charge is -2.29. The van der Waals surface area contributed by atoms with Gasteiger partial charge in [0.2, 0.25) is 11.8 Å². The second kappa shape index (κ2) is 8.18. The number of carbonyl (C=O) groups is 3. The van der Waals surface area contributed by atoms with Gasteiger partial charge in [0, 0.05) is 17.6 Å². The number of halogens is 1. The fourth-order valence-corrected chi connectivity index (χ4v) is 2.93. The standard InChI is InChI=1S/C19H18ClN3O5/c1-11(24)21-13-4-6-16(27-2)14(8-13)22-18(25)9-23-15-7-12(20)3-5-17(15)28-10-19(23)26/h3-8H,9-10H2,1-2H3,(H,21,24)(H,22,25). The first-order valence-electron chi connectivity index (χ1n) is 8.35. The van der Waals surface area contributed by atoms with E-state index >= 15 is 0 Å². The monoisotopic (exact) mass is 403 g/mol. The Labute approximate surface area is 166 Å². The van der Waals surface area contributed by atoms with Crippen molar-refractivity contribution in [3.8, 4) is 11.5 Å². The lowest BCUT2D eigenvalue weighted by atomic mass is 10.2. The maximum atomic E-state index is 12.6. The quantitative estimate of drug-likeness (QED) is 0.800. The molecule has 8 nitrogen and oxygen atoms in total. The number of fused-ring (bicyclic) bond motifs is 1. The zero-order valence-corrected chi connectivity index (χ0v) is 16.0. The van der Waals surface area contributed by atoms with Crippen LogP contribution in [-0.4, -0.2) is 38.0 Å². The van der Waals surface area contributed by atoms with E-state index < -0.39 is 5.91 Å². The fraction of sp³-hybridized carbons (Fsp3) is 0.211. The van der Waals surface area contributed by atoms with Crippen LogP contribution in [0.25, 0.3) is 0 Å². The molecule has 1 heterocycles. The minimum atomic E-state index is -0.445. The van der Waals surface area contributed by atoms with Gasteiger partial charge in [0.15, 0.2) is 6.61 Å². The highest BCUT2D eigenvalue weighted by molar-refractivity contribution is 6.31. The van der Waals surface area contributed by atoms with E-state index in [2.05, 4.69) is 10.6 Å². The third-order valence-electron chi connectivity index (χ3n) is 3.96. The van der Waals surface area contributed by atoms with Gasteiger partial charge in [-0.2, -0.15) is 0 Å². The van der Waals surface area contributed by atoms with Crippen LogP contribution < -0.4 is 25.0 Å². The summed E-state index contributed by atoms with van der Waals surface area (Å²) in [5, 5.41) is 5.76. The highest BCUT2D eigenvalue weighted by Gasteiger charge is 2.27. The maximum Gasteiger partial charge on any atom is 0.265 e. The topological polar surface area (TPSA) is 97.0 Å². The van der Waals surface area contributed by atoms with Crippen molar-refractivity contribution >= 4 is 46.4 Å². The smallest absolute Gasteiger partial charge is 0.265 e. The van der Waals surface area contributed by atoms with Gasteiger partial charge in [0.1, 0.15) is 18.0 Å². The number of ether oxygens (including phenoxy) is 2. The number of rotatable bonds is 5. The minimum Gasteiger partial charge on any atom is -0.495 e. The molecular formula is C19H18ClN3O5. The van der Waals surface area contributed by atoms with Crippen LogP contribution in [0.2, 0.25) is 5.02 Å². The molecule has 0 aromatic heterocycles. The van der Waals surface area contributed by atoms with Gasteiger partial charge in [0.25, 0.3) is 5.91 Å². The first-order valence-corrected chi connectivity index (χ1v) is 8.73. The molecule has 0 bridgehead atoms. The van der Waals surface area contributed by atoms with Gasteiger partial charge < -0.3 is 20.1 Å². The summed E-state index contributed by atoms with van der Waals surface area (Å²) in [6.07, 6.45) is 0. The Hall–Kier alpha value is -3.26. The van der Waals surface area contributed by atoms with Gasteiger partial charge in [-0.3, -0.25) is 19.3 Å². The lowest BCUT2D eigenvalue weighted by Crippen LogP contribution is -2.43. The van der Waals surface area contributed by atoms with Gasteiger partial charge in [0.05, 0.1) is 18.5 Å². The van der Waals surface area contributed by atoms with E-state index in [-0.39, 0.29) is 25.0 Å². The summed E-state index contributed by atoms with van der Waals surface area (Å²) >= 11 is 6.01. The summed E-state index contributed by atoms with van der Waals surface area (Å²) in [5.41, 5.74) is 1.30. The van der Waals surface area contributed by atoms with Crippen LogP contribution in [-0.2, 0) is 14.4 Å². The number of nitrogens with one attached hydrogen (secondary N) is 2. The van der Waals surface area contributed by atoms with Crippen molar-refractivity contribution in [1.82, 2.24) is 0 Å². The highest BCUT2D eigenvalue weighted by atomic mass is 35.5. The van der Waals surface area contributed by atoms with Crippen LogP contribution in [0.3, 0.4) is 0 Å². The number of amides is 3. The Morgan fingerprint density at radius 2 is 2.00 bits per heavy atom. The molecule has 0 atom stereocenters. The van der Waals surface area contributed by atoms with Crippen molar-refractivity contribution in [2.24, 2.45) is 0 Å². The molecule has 2 aromatic rings. The maximum absolute atomic E-state index is 12.6. The van der Waals surface area contributed by atoms with Crippen molar-refractivity contribution in [3.05, 3.63) is 41.4 Å². The van der Waals surface area contributed by atoms with Crippen LogP contribution in [0.5, 0.6) is 11.5 Å². The Kier molecular flexibility index (Phi) is 5.70. The first kappa shape index (κ1) is 19.5. The Bertz CT molecular complexity index is 947. The van der Waals surface area contributed by atoms with E-state index in [0.29, 0.717) is 33.6 Å². The van der Waals surface area contributed by atoms with Crippen molar-refractivity contribution in [1.29, 1.82) is 0 Å². The fourth-order valence-electron chi connectivity index (χ4n) is 2.77. The number of hydrogen-bond donors (Lipinski definition) is 2. The number of methoxy groups -OCH3 is 1. The Balaban J connectivity index is 1.80. The van der Waals surface area contributed by atoms with E-state index in [1.807, 2.05) is 0 Å². The molecule has 146 valence electrons. The molecule has 3 amide bonds. The van der Waals surface area contributed by atoms with E-state index in [1.54, 1.807) is 36.4 Å². The van der Waals surface area contributed by atoms with E-state index in [4.69, 9.17) is 21.1 Å². The second-order valence-electron chi connectivity index (χ2n) is 6.03. The molecule has 1 aliphatic heterocycles. The van der Waals surface area contributed by atoms with Crippen LogP contribution >= 0.6 is 11.6 Å². The summed E-state index contributed by atoms with van der Waals surface area (Å²) in [7, 11) is 1.47. The summed E-state index contributed by atoms with van der Waals surface area (Å²) in [5.74, 6) is -0.153. The number of hydrogen-bond acceptors (Lipinski definition) is 5. The molecule has 0 radical (unpaired) electrons. The first-order chi connectivity index (χ1) is 13.4. The average molecular weight is 404 g/mol. The number of anilines is 3. The predicted molar refractivity (Wildman–Crippen MR) is 105 cm³/mol. The van der Waals surface area contributed by atoms with E-state index in [9.17, 15) is 14.4 Å². The summed E-state index contributed by atoms with van der Waals surface area (Å²) in [4.78, 5) is 37.4. The van der Waals surface area contributed by atoms with E-state index in [0.717, 1.165) is 0 Å². The van der Waals surface area contributed by atoms with Gasteiger partial charge in [-0.25, -0.2) is 0 Å². The number of benzene rings is 2. The van der Waals surface area contributed by atoms with Crippen molar-refractivity contribution < 1.29 is 23.9 Å². The van der Waals surface area contributed by atoms with Gasteiger partial charge in [-0.15, -0.1) is 0 Å². The van der Waals surface area contributed by atoms with E-state index in [1.165, 1.54) is 18.9 Å². The Morgan fingerprint density at radius 1 is 1.21 bits per heavy atom. The van der Waals surface area contributed by atoms with Crippen LogP contribution in [0.1, 0.15) is 6.92 Å². The molecule has 0 saturated carbocycles. The van der Waals surface area contributed by atoms with Gasteiger partial charge >= 0.3 is 0 Å². The zero-order valence-electron chi connectivity index (χ0n) is 15.2. The second-order valence-corrected chi connectivity index (χ2v) is 6.46. The molecule has 2 N–H and O–H groups in total. The zero-order chi connectivity index (χ0) is 20.3. The summed E-state index contributed by atoms with van der Waals surface area (Å²) < 4.78 is 10.6. The molecule has 0 fully saturated rings. The largest absolute Gasteiger partial charge is 0.495 e. The average Bonchev–Trinajstić information content (AvgIpc) is 2.64. The molecule has 0 aliphatic carbocycles. The van der Waals surface area contributed by atoms with Gasteiger partial charge in [-0.05, 0) is 36.4 Å². The van der Waals surface area contributed by atoms with Crippen LogP contribution in [0, 0.1) is 0 Å². The molecule has 0 spiro atoms. The highest BCUT2D eigenvalue weighted by Crippen LogP contribution is 2.34. The molecule has 28 heavy (non-hydrogen) atoms. The lowest BCUT2D eigenvalue weighted by molar-refractivity contribution is -0.123. The minimum absolute atomic E-state index is 0.163. The summed E-state index contributed by atoms with van der Waals surface area (Å²) in [6, 6.07) is 9.71. The van der Waals surface area contributed by atoms with Gasteiger partial charge in [-0.1, -0.05) is 11.6 Å². The Morgan fingerprint density at radius 3 is 2.71 bits per heavy atom. The third-order valence-corrected chi connectivity index (χ3v) is 4.19. The van der Waals surface area contributed by atoms with Crippen molar-refractivity contribution in [2.75, 3.05) is 35.8 Å². The van der Waals surface area contributed by atoms with Crippen LogP contribution in [0.15, 0.2) is 36.4 Å². The van der Waals surface area contributed by atoms with Crippen LogP contribution in [0.4, 0.5) is 17.1 Å².